The molecule has 0 aliphatic heterocycles. The average Bonchev–Trinajstić information content (AvgIpc) is 2.49. The predicted molar refractivity (Wildman–Crippen MR) is 91.4 cm³/mol. The molecule has 118 valence electrons. The summed E-state index contributed by atoms with van der Waals surface area (Å²) in [7, 11) is 0. The molecule has 1 aromatic rings. The first-order valence-corrected chi connectivity index (χ1v) is 8.43. The summed E-state index contributed by atoms with van der Waals surface area (Å²) in [5.74, 6) is 0.223. The van der Waals surface area contributed by atoms with Gasteiger partial charge in [-0.05, 0) is 37.6 Å². The highest BCUT2D eigenvalue weighted by Crippen LogP contribution is 2.30. The zero-order chi connectivity index (χ0) is 16.0. The van der Waals surface area contributed by atoms with Crippen molar-refractivity contribution < 1.29 is 4.79 Å². The summed E-state index contributed by atoms with van der Waals surface area (Å²) in [6.07, 6.45) is 1.95. The van der Waals surface area contributed by atoms with Crippen LogP contribution in [-0.2, 0) is 11.2 Å². The van der Waals surface area contributed by atoms with Gasteiger partial charge in [0.25, 0.3) is 0 Å². The smallest absolute Gasteiger partial charge is 0.157 e. The number of hydrogen-bond acceptors (Lipinski definition) is 2. The van der Waals surface area contributed by atoms with Gasteiger partial charge in [0.05, 0.1) is 15.6 Å². The van der Waals surface area contributed by atoms with Crippen LogP contribution >= 0.6 is 23.2 Å². The van der Waals surface area contributed by atoms with Gasteiger partial charge in [0.15, 0.2) is 5.78 Å². The maximum absolute atomic E-state index is 13.0. The molecule has 1 aromatic carbocycles. The highest BCUT2D eigenvalue weighted by molar-refractivity contribution is 6.42. The second kappa shape index (κ2) is 8.17. The van der Waals surface area contributed by atoms with E-state index in [9.17, 15) is 4.79 Å². The van der Waals surface area contributed by atoms with Crippen LogP contribution in [0.15, 0.2) is 18.2 Å². The van der Waals surface area contributed by atoms with E-state index in [0.29, 0.717) is 16.5 Å². The van der Waals surface area contributed by atoms with Crippen LogP contribution in [0.25, 0.3) is 0 Å². The predicted octanol–water partition coefficient (Wildman–Crippen LogP) is 5.01. The number of nitrogens with zero attached hydrogens (tertiary/aromatic N) is 1. The van der Waals surface area contributed by atoms with E-state index in [0.717, 1.165) is 31.5 Å². The SMILES string of the molecule is CCN(CC)C(CC)(CC)C(=O)Cc1cccc(Cl)c1Cl. The molecule has 0 aliphatic rings. The van der Waals surface area contributed by atoms with Crippen LogP contribution in [-0.4, -0.2) is 29.3 Å². The molecule has 0 saturated carbocycles. The first kappa shape index (κ1) is 18.5. The molecule has 0 bridgehead atoms. The quantitative estimate of drug-likeness (QED) is 0.668. The van der Waals surface area contributed by atoms with Crippen molar-refractivity contribution in [1.29, 1.82) is 0 Å². The fourth-order valence-corrected chi connectivity index (χ4v) is 3.51. The lowest BCUT2D eigenvalue weighted by Crippen LogP contribution is -2.54. The summed E-state index contributed by atoms with van der Waals surface area (Å²) >= 11 is 12.3. The molecule has 0 aliphatic carbocycles. The number of carbonyl (C=O) groups is 1. The lowest BCUT2D eigenvalue weighted by Gasteiger charge is -2.41. The van der Waals surface area contributed by atoms with Gasteiger partial charge in [-0.25, -0.2) is 0 Å². The molecular formula is C17H25Cl2NO. The fourth-order valence-electron chi connectivity index (χ4n) is 3.12. The Morgan fingerprint density at radius 2 is 1.67 bits per heavy atom. The molecule has 0 aromatic heterocycles. The molecule has 21 heavy (non-hydrogen) atoms. The van der Waals surface area contributed by atoms with Gasteiger partial charge in [-0.2, -0.15) is 0 Å². The minimum atomic E-state index is -0.408. The Morgan fingerprint density at radius 3 is 2.14 bits per heavy atom. The number of rotatable bonds is 8. The lowest BCUT2D eigenvalue weighted by molar-refractivity contribution is -0.131. The number of Topliss-reactive ketones (excluding diaryl/α,β-unsaturated/α-hetero) is 1. The van der Waals surface area contributed by atoms with Crippen molar-refractivity contribution in [2.24, 2.45) is 0 Å². The zero-order valence-electron chi connectivity index (χ0n) is 13.4. The molecule has 0 spiro atoms. The molecule has 0 saturated heterocycles. The van der Waals surface area contributed by atoms with Crippen LogP contribution in [0, 0.1) is 0 Å². The van der Waals surface area contributed by atoms with Crippen molar-refractivity contribution >= 4 is 29.0 Å². The summed E-state index contributed by atoms with van der Waals surface area (Å²) in [6.45, 7) is 10.1. The second-order valence-corrected chi connectivity index (χ2v) is 6.01. The normalized spacial score (nSPS) is 12.0. The van der Waals surface area contributed by atoms with Crippen molar-refractivity contribution in [3.63, 3.8) is 0 Å². The Balaban J connectivity index is 3.10. The van der Waals surface area contributed by atoms with Gasteiger partial charge in [-0.3, -0.25) is 9.69 Å². The first-order valence-electron chi connectivity index (χ1n) is 7.67. The number of benzene rings is 1. The standard InChI is InChI=1S/C17H25Cl2NO/c1-5-17(6-2,20(7-3)8-4)15(21)12-13-10-9-11-14(18)16(13)19/h9-11H,5-8,12H2,1-4H3. The number of carbonyl (C=O) groups excluding carboxylic acids is 1. The van der Waals surface area contributed by atoms with E-state index < -0.39 is 5.54 Å². The molecule has 0 fully saturated rings. The van der Waals surface area contributed by atoms with E-state index >= 15 is 0 Å². The van der Waals surface area contributed by atoms with Crippen molar-refractivity contribution in [2.45, 2.75) is 52.5 Å². The molecule has 0 N–H and O–H groups in total. The van der Waals surface area contributed by atoms with Crippen LogP contribution in [0.4, 0.5) is 0 Å². The van der Waals surface area contributed by atoms with Crippen LogP contribution in [0.2, 0.25) is 10.0 Å². The molecule has 0 atom stereocenters. The van der Waals surface area contributed by atoms with Crippen LogP contribution in [0.1, 0.15) is 46.1 Å². The highest BCUT2D eigenvalue weighted by Gasteiger charge is 2.38. The molecule has 1 rings (SSSR count). The Labute approximate surface area is 138 Å². The van der Waals surface area contributed by atoms with Crippen LogP contribution in [0.3, 0.4) is 0 Å². The molecular weight excluding hydrogens is 305 g/mol. The molecule has 2 nitrogen and oxygen atoms in total. The van der Waals surface area contributed by atoms with Crippen LogP contribution < -0.4 is 0 Å². The molecule has 0 heterocycles. The van der Waals surface area contributed by atoms with Gasteiger partial charge in [-0.15, -0.1) is 0 Å². The highest BCUT2D eigenvalue weighted by atomic mass is 35.5. The summed E-state index contributed by atoms with van der Waals surface area (Å²) < 4.78 is 0. The van der Waals surface area contributed by atoms with Crippen molar-refractivity contribution in [3.05, 3.63) is 33.8 Å². The first-order chi connectivity index (χ1) is 9.96. The van der Waals surface area contributed by atoms with E-state index in [1.54, 1.807) is 6.07 Å². The maximum atomic E-state index is 13.0. The largest absolute Gasteiger partial charge is 0.297 e. The molecule has 0 unspecified atom stereocenters. The minimum absolute atomic E-state index is 0.223. The fraction of sp³-hybridized carbons (Fsp3) is 0.588. The van der Waals surface area contributed by atoms with Gasteiger partial charge < -0.3 is 0 Å². The van der Waals surface area contributed by atoms with E-state index in [1.165, 1.54) is 0 Å². The Bertz CT molecular complexity index is 480. The maximum Gasteiger partial charge on any atom is 0.157 e. The van der Waals surface area contributed by atoms with E-state index in [4.69, 9.17) is 23.2 Å². The van der Waals surface area contributed by atoms with Gasteiger partial charge >= 0.3 is 0 Å². The molecule has 0 amide bonds. The van der Waals surface area contributed by atoms with Gasteiger partial charge in [0.1, 0.15) is 0 Å². The minimum Gasteiger partial charge on any atom is -0.297 e. The number of halogens is 2. The number of likely N-dealkylation sites (N-methyl/N-ethyl adjacent to an activating group) is 1. The third-order valence-corrected chi connectivity index (χ3v) is 5.30. The second-order valence-electron chi connectivity index (χ2n) is 5.22. The molecule has 4 heteroatoms. The Morgan fingerprint density at radius 1 is 1.10 bits per heavy atom. The summed E-state index contributed by atoms with van der Waals surface area (Å²) in [5.41, 5.74) is 0.405. The van der Waals surface area contributed by atoms with Gasteiger partial charge in [0.2, 0.25) is 0 Å². The summed E-state index contributed by atoms with van der Waals surface area (Å²) in [4.78, 5) is 15.2. The lowest BCUT2D eigenvalue weighted by atomic mass is 9.83. The van der Waals surface area contributed by atoms with E-state index in [2.05, 4.69) is 32.6 Å². The number of ketones is 1. The van der Waals surface area contributed by atoms with Crippen LogP contribution in [0.5, 0.6) is 0 Å². The van der Waals surface area contributed by atoms with Crippen molar-refractivity contribution in [3.8, 4) is 0 Å². The monoisotopic (exact) mass is 329 g/mol. The van der Waals surface area contributed by atoms with E-state index in [1.807, 2.05) is 12.1 Å². The third kappa shape index (κ3) is 3.80. The van der Waals surface area contributed by atoms with Crippen molar-refractivity contribution in [1.82, 2.24) is 4.90 Å². The number of hydrogen-bond donors (Lipinski definition) is 0. The van der Waals surface area contributed by atoms with E-state index in [-0.39, 0.29) is 5.78 Å². The third-order valence-electron chi connectivity index (χ3n) is 4.44. The average molecular weight is 330 g/mol. The Hall–Kier alpha value is -0.570. The zero-order valence-corrected chi connectivity index (χ0v) is 14.9. The summed E-state index contributed by atoms with van der Waals surface area (Å²) in [6, 6.07) is 5.47. The van der Waals surface area contributed by atoms with Crippen molar-refractivity contribution in [2.75, 3.05) is 13.1 Å². The molecule has 0 radical (unpaired) electrons. The Kier molecular flexibility index (Phi) is 7.19. The van der Waals surface area contributed by atoms with Gasteiger partial charge in [-0.1, -0.05) is 63.0 Å². The van der Waals surface area contributed by atoms with Gasteiger partial charge in [0, 0.05) is 6.42 Å². The summed E-state index contributed by atoms with van der Waals surface area (Å²) in [5, 5.41) is 0.997. The topological polar surface area (TPSA) is 20.3 Å².